The second kappa shape index (κ2) is 7.33. The van der Waals surface area contributed by atoms with Crippen molar-refractivity contribution in [3.05, 3.63) is 52.0 Å². The van der Waals surface area contributed by atoms with Crippen molar-refractivity contribution in [3.8, 4) is 11.5 Å². The molecular formula is C15H13BrClNO3. The summed E-state index contributed by atoms with van der Waals surface area (Å²) in [7, 11) is 1.59. The molecule has 110 valence electrons. The molecule has 0 aliphatic rings. The first-order valence-corrected chi connectivity index (χ1v) is 7.27. The summed E-state index contributed by atoms with van der Waals surface area (Å²) in [6, 6.07) is 12.2. The van der Waals surface area contributed by atoms with Gasteiger partial charge in [0.15, 0.2) is 6.61 Å². The largest absolute Gasteiger partial charge is 0.497 e. The predicted octanol–water partition coefficient (Wildman–Crippen LogP) is 4.13. The molecule has 0 saturated carbocycles. The zero-order valence-corrected chi connectivity index (χ0v) is 13.6. The van der Waals surface area contributed by atoms with E-state index in [1.54, 1.807) is 49.6 Å². The zero-order valence-electron chi connectivity index (χ0n) is 11.2. The lowest BCUT2D eigenvalue weighted by molar-refractivity contribution is -0.118. The van der Waals surface area contributed by atoms with E-state index in [1.165, 1.54) is 0 Å². The Bertz CT molecular complexity index is 631. The molecule has 2 aromatic carbocycles. The number of amides is 1. The average Bonchev–Trinajstić information content (AvgIpc) is 2.47. The van der Waals surface area contributed by atoms with Gasteiger partial charge in [-0.2, -0.15) is 0 Å². The second-order valence-electron chi connectivity index (χ2n) is 4.14. The standard InChI is InChI=1S/C15H13BrClNO3/c1-20-12-5-3-11(4-6-12)18-15(19)9-21-14-7-2-10(16)8-13(14)17/h2-8H,9H2,1H3,(H,18,19). The quantitative estimate of drug-likeness (QED) is 0.861. The van der Waals surface area contributed by atoms with Crippen molar-refractivity contribution in [1.29, 1.82) is 0 Å². The van der Waals surface area contributed by atoms with Gasteiger partial charge < -0.3 is 14.8 Å². The Morgan fingerprint density at radius 1 is 1.24 bits per heavy atom. The van der Waals surface area contributed by atoms with Crippen molar-refractivity contribution in [2.24, 2.45) is 0 Å². The molecule has 0 fully saturated rings. The van der Waals surface area contributed by atoms with Crippen LogP contribution in [0.2, 0.25) is 5.02 Å². The molecule has 0 heterocycles. The van der Waals surface area contributed by atoms with Gasteiger partial charge in [-0.3, -0.25) is 4.79 Å². The van der Waals surface area contributed by atoms with Crippen molar-refractivity contribution in [2.45, 2.75) is 0 Å². The first kappa shape index (κ1) is 15.7. The van der Waals surface area contributed by atoms with Crippen LogP contribution in [-0.2, 0) is 4.79 Å². The van der Waals surface area contributed by atoms with Gasteiger partial charge in [0.25, 0.3) is 5.91 Å². The molecular weight excluding hydrogens is 358 g/mol. The van der Waals surface area contributed by atoms with Gasteiger partial charge in [-0.25, -0.2) is 0 Å². The lowest BCUT2D eigenvalue weighted by atomic mass is 10.3. The van der Waals surface area contributed by atoms with Crippen LogP contribution in [0.4, 0.5) is 5.69 Å². The first-order valence-electron chi connectivity index (χ1n) is 6.10. The van der Waals surface area contributed by atoms with Gasteiger partial charge in [0, 0.05) is 10.2 Å². The number of nitrogens with one attached hydrogen (secondary N) is 1. The highest BCUT2D eigenvalue weighted by molar-refractivity contribution is 9.10. The van der Waals surface area contributed by atoms with E-state index < -0.39 is 0 Å². The maximum Gasteiger partial charge on any atom is 0.262 e. The van der Waals surface area contributed by atoms with Crippen LogP contribution in [0.3, 0.4) is 0 Å². The summed E-state index contributed by atoms with van der Waals surface area (Å²) in [6.07, 6.45) is 0. The molecule has 0 bridgehead atoms. The summed E-state index contributed by atoms with van der Waals surface area (Å²) in [5, 5.41) is 3.17. The summed E-state index contributed by atoms with van der Waals surface area (Å²) in [5.74, 6) is 0.926. The number of carbonyl (C=O) groups is 1. The van der Waals surface area contributed by atoms with Crippen LogP contribution in [0.15, 0.2) is 46.9 Å². The van der Waals surface area contributed by atoms with E-state index in [0.717, 1.165) is 10.2 Å². The minimum atomic E-state index is -0.265. The summed E-state index contributed by atoms with van der Waals surface area (Å²) in [4.78, 5) is 11.8. The van der Waals surface area contributed by atoms with Gasteiger partial charge in [-0.15, -0.1) is 0 Å². The molecule has 4 nitrogen and oxygen atoms in total. The molecule has 0 spiro atoms. The van der Waals surface area contributed by atoms with Gasteiger partial charge in [0.2, 0.25) is 0 Å². The third-order valence-corrected chi connectivity index (χ3v) is 3.42. The fourth-order valence-electron chi connectivity index (χ4n) is 1.61. The molecule has 21 heavy (non-hydrogen) atoms. The van der Waals surface area contributed by atoms with Gasteiger partial charge >= 0.3 is 0 Å². The normalized spacial score (nSPS) is 10.0. The fourth-order valence-corrected chi connectivity index (χ4v) is 2.33. The van der Waals surface area contributed by atoms with Crippen LogP contribution in [0.1, 0.15) is 0 Å². The van der Waals surface area contributed by atoms with Crippen LogP contribution >= 0.6 is 27.5 Å². The van der Waals surface area contributed by atoms with Crippen molar-refractivity contribution in [3.63, 3.8) is 0 Å². The predicted molar refractivity (Wildman–Crippen MR) is 86.3 cm³/mol. The van der Waals surface area contributed by atoms with Crippen LogP contribution < -0.4 is 14.8 Å². The van der Waals surface area contributed by atoms with Crippen LogP contribution in [0, 0.1) is 0 Å². The first-order chi connectivity index (χ1) is 10.1. The number of rotatable bonds is 5. The lowest BCUT2D eigenvalue weighted by Crippen LogP contribution is -2.20. The van der Waals surface area contributed by atoms with E-state index in [1.807, 2.05) is 0 Å². The van der Waals surface area contributed by atoms with E-state index in [-0.39, 0.29) is 12.5 Å². The molecule has 6 heteroatoms. The van der Waals surface area contributed by atoms with Crippen molar-refractivity contribution in [1.82, 2.24) is 0 Å². The highest BCUT2D eigenvalue weighted by Gasteiger charge is 2.07. The third kappa shape index (κ3) is 4.65. The Balaban J connectivity index is 1.89. The van der Waals surface area contributed by atoms with Gasteiger partial charge in [0.05, 0.1) is 12.1 Å². The zero-order chi connectivity index (χ0) is 15.2. The molecule has 1 N–H and O–H groups in total. The average molecular weight is 371 g/mol. The van der Waals surface area contributed by atoms with Crippen LogP contribution in [0.5, 0.6) is 11.5 Å². The van der Waals surface area contributed by atoms with Gasteiger partial charge in [-0.1, -0.05) is 27.5 Å². The highest BCUT2D eigenvalue weighted by atomic mass is 79.9. The summed E-state index contributed by atoms with van der Waals surface area (Å²) in [5.41, 5.74) is 0.673. The van der Waals surface area contributed by atoms with Crippen molar-refractivity contribution in [2.75, 3.05) is 19.0 Å². The maximum atomic E-state index is 11.8. The summed E-state index contributed by atoms with van der Waals surface area (Å²) >= 11 is 9.31. The SMILES string of the molecule is COc1ccc(NC(=O)COc2ccc(Br)cc2Cl)cc1. The monoisotopic (exact) mass is 369 g/mol. The van der Waals surface area contributed by atoms with Crippen LogP contribution in [0.25, 0.3) is 0 Å². The van der Waals surface area contributed by atoms with E-state index in [0.29, 0.717) is 16.5 Å². The van der Waals surface area contributed by atoms with Crippen LogP contribution in [-0.4, -0.2) is 19.6 Å². The Labute approximate surface area is 136 Å². The minimum absolute atomic E-state index is 0.118. The molecule has 0 aromatic heterocycles. The number of methoxy groups -OCH3 is 1. The topological polar surface area (TPSA) is 47.6 Å². The molecule has 2 rings (SSSR count). The number of benzene rings is 2. The summed E-state index contributed by atoms with van der Waals surface area (Å²) < 4.78 is 11.3. The van der Waals surface area contributed by atoms with Crippen molar-refractivity contribution < 1.29 is 14.3 Å². The smallest absolute Gasteiger partial charge is 0.262 e. The van der Waals surface area contributed by atoms with E-state index >= 15 is 0 Å². The van der Waals surface area contributed by atoms with E-state index in [4.69, 9.17) is 21.1 Å². The molecule has 2 aromatic rings. The van der Waals surface area contributed by atoms with E-state index in [9.17, 15) is 4.79 Å². The molecule has 0 unspecified atom stereocenters. The number of anilines is 1. The Morgan fingerprint density at radius 2 is 1.95 bits per heavy atom. The third-order valence-electron chi connectivity index (χ3n) is 2.63. The molecule has 0 aliphatic carbocycles. The summed E-state index contributed by atoms with van der Waals surface area (Å²) in [6.45, 7) is -0.118. The molecule has 0 saturated heterocycles. The Kier molecular flexibility index (Phi) is 5.47. The Morgan fingerprint density at radius 3 is 2.57 bits per heavy atom. The van der Waals surface area contributed by atoms with Gasteiger partial charge in [0.1, 0.15) is 11.5 Å². The van der Waals surface area contributed by atoms with Gasteiger partial charge in [-0.05, 0) is 42.5 Å². The lowest BCUT2D eigenvalue weighted by Gasteiger charge is -2.09. The fraction of sp³-hybridized carbons (Fsp3) is 0.133. The number of hydrogen-bond donors (Lipinski definition) is 1. The van der Waals surface area contributed by atoms with Crippen molar-refractivity contribution >= 4 is 39.1 Å². The molecule has 0 aliphatic heterocycles. The Hall–Kier alpha value is -1.72. The number of halogens is 2. The molecule has 1 amide bonds. The number of ether oxygens (including phenoxy) is 2. The highest BCUT2D eigenvalue weighted by Crippen LogP contribution is 2.27. The molecule has 0 radical (unpaired) electrons. The number of carbonyl (C=O) groups excluding carboxylic acids is 1. The van der Waals surface area contributed by atoms with E-state index in [2.05, 4.69) is 21.2 Å². The molecule has 0 atom stereocenters. The second-order valence-corrected chi connectivity index (χ2v) is 5.46. The number of hydrogen-bond acceptors (Lipinski definition) is 3. The maximum absolute atomic E-state index is 11.8. The minimum Gasteiger partial charge on any atom is -0.497 e.